The normalized spacial score (nSPS) is 33.7. The van der Waals surface area contributed by atoms with Gasteiger partial charge in [0.25, 0.3) is 0 Å². The number of rotatable bonds is 5. The molecule has 3 nitrogen and oxygen atoms in total. The smallest absolute Gasteiger partial charge is 0.0746 e. The Kier molecular flexibility index (Phi) is 5.63. The van der Waals surface area contributed by atoms with Gasteiger partial charge in [-0.05, 0) is 45.6 Å². The van der Waals surface area contributed by atoms with Gasteiger partial charge in [0.05, 0.1) is 5.60 Å². The third-order valence-electron chi connectivity index (χ3n) is 4.20. The van der Waals surface area contributed by atoms with Crippen LogP contribution in [-0.4, -0.2) is 47.8 Å². The van der Waals surface area contributed by atoms with Crippen LogP contribution in [0.2, 0.25) is 0 Å². The molecule has 0 aromatic carbocycles. The van der Waals surface area contributed by atoms with Gasteiger partial charge in [-0.1, -0.05) is 20.8 Å². The van der Waals surface area contributed by atoms with Gasteiger partial charge in [0.2, 0.25) is 0 Å². The molecule has 4 unspecified atom stereocenters. The fraction of sp³-hybridized carbons (Fsp3) is 1.00. The van der Waals surface area contributed by atoms with Crippen molar-refractivity contribution in [3.8, 4) is 0 Å². The summed E-state index contributed by atoms with van der Waals surface area (Å²) in [6.07, 6.45) is 2.03. The quantitative estimate of drug-likeness (QED) is 0.791. The number of nitrogens with zero attached hydrogens (tertiary/aromatic N) is 1. The van der Waals surface area contributed by atoms with Crippen molar-refractivity contribution in [2.24, 2.45) is 11.8 Å². The van der Waals surface area contributed by atoms with Crippen LogP contribution in [0.4, 0.5) is 0 Å². The summed E-state index contributed by atoms with van der Waals surface area (Å²) in [7, 11) is 2.20. The summed E-state index contributed by atoms with van der Waals surface area (Å²) < 4.78 is 0. The summed E-state index contributed by atoms with van der Waals surface area (Å²) in [6.45, 7) is 12.7. The molecule has 1 rings (SSSR count). The van der Waals surface area contributed by atoms with Crippen LogP contribution in [0.15, 0.2) is 0 Å². The number of hydrogen-bond donors (Lipinski definition) is 2. The Bertz CT molecular complexity index is 253. The van der Waals surface area contributed by atoms with Gasteiger partial charge >= 0.3 is 0 Å². The molecule has 0 aliphatic carbocycles. The molecule has 1 fully saturated rings. The minimum Gasteiger partial charge on any atom is -0.389 e. The molecule has 0 radical (unpaired) electrons. The van der Waals surface area contributed by atoms with Crippen molar-refractivity contribution in [2.45, 2.75) is 65.1 Å². The molecule has 0 aromatic rings. The summed E-state index contributed by atoms with van der Waals surface area (Å²) in [5, 5.41) is 13.9. The van der Waals surface area contributed by atoms with Gasteiger partial charge in [-0.15, -0.1) is 0 Å². The van der Waals surface area contributed by atoms with Crippen LogP contribution in [0.25, 0.3) is 0 Å². The van der Waals surface area contributed by atoms with Crippen molar-refractivity contribution in [1.82, 2.24) is 10.2 Å². The SMILES string of the molecule is CC(C)CC(C)(O)CNC1CC(C)N(C)CC1C. The van der Waals surface area contributed by atoms with E-state index in [1.807, 2.05) is 6.92 Å². The first-order chi connectivity index (χ1) is 8.21. The first-order valence-electron chi connectivity index (χ1n) is 7.37. The second-order valence-corrected chi connectivity index (χ2v) is 7.08. The zero-order chi connectivity index (χ0) is 13.9. The first kappa shape index (κ1) is 15.9. The molecule has 1 aliphatic rings. The van der Waals surface area contributed by atoms with E-state index in [-0.39, 0.29) is 0 Å². The monoisotopic (exact) mass is 256 g/mol. The van der Waals surface area contributed by atoms with Gasteiger partial charge < -0.3 is 15.3 Å². The summed E-state index contributed by atoms with van der Waals surface area (Å²) >= 11 is 0. The molecule has 4 atom stereocenters. The van der Waals surface area contributed by atoms with Crippen molar-refractivity contribution in [2.75, 3.05) is 20.1 Å². The first-order valence-corrected chi connectivity index (χ1v) is 7.37. The fourth-order valence-electron chi connectivity index (χ4n) is 3.13. The number of piperidine rings is 1. The van der Waals surface area contributed by atoms with Crippen LogP contribution in [0.5, 0.6) is 0 Å². The van der Waals surface area contributed by atoms with Gasteiger partial charge in [0, 0.05) is 25.2 Å². The molecule has 2 N–H and O–H groups in total. The maximum Gasteiger partial charge on any atom is 0.0746 e. The Hall–Kier alpha value is -0.120. The molecular formula is C15H32N2O. The molecule has 108 valence electrons. The molecule has 3 heteroatoms. The van der Waals surface area contributed by atoms with E-state index in [2.05, 4.69) is 45.0 Å². The largest absolute Gasteiger partial charge is 0.389 e. The van der Waals surface area contributed by atoms with Crippen LogP contribution < -0.4 is 5.32 Å². The Labute approximate surface area is 113 Å². The Morgan fingerprint density at radius 1 is 1.39 bits per heavy atom. The number of nitrogens with one attached hydrogen (secondary N) is 1. The van der Waals surface area contributed by atoms with E-state index in [0.29, 0.717) is 30.5 Å². The number of likely N-dealkylation sites (tertiary alicyclic amines) is 1. The highest BCUT2D eigenvalue weighted by Gasteiger charge is 2.30. The maximum atomic E-state index is 10.3. The van der Waals surface area contributed by atoms with Crippen LogP contribution in [0.3, 0.4) is 0 Å². The summed E-state index contributed by atoms with van der Waals surface area (Å²) in [5.74, 6) is 1.19. The standard InChI is InChI=1S/C15H32N2O/c1-11(2)8-15(5,18)10-16-14-7-13(4)17(6)9-12(14)3/h11-14,16,18H,7-10H2,1-6H3. The second kappa shape index (κ2) is 6.36. The molecule has 1 aliphatic heterocycles. The van der Waals surface area contributed by atoms with Crippen molar-refractivity contribution >= 4 is 0 Å². The lowest BCUT2D eigenvalue weighted by atomic mass is 9.88. The van der Waals surface area contributed by atoms with E-state index < -0.39 is 5.60 Å². The predicted molar refractivity (Wildman–Crippen MR) is 77.7 cm³/mol. The Morgan fingerprint density at radius 2 is 2.00 bits per heavy atom. The highest BCUT2D eigenvalue weighted by atomic mass is 16.3. The van der Waals surface area contributed by atoms with E-state index in [1.54, 1.807) is 0 Å². The Balaban J connectivity index is 2.43. The highest BCUT2D eigenvalue weighted by molar-refractivity contribution is 4.88. The molecule has 1 saturated heterocycles. The van der Waals surface area contributed by atoms with Crippen LogP contribution in [0, 0.1) is 11.8 Å². The van der Waals surface area contributed by atoms with Gasteiger partial charge in [-0.3, -0.25) is 0 Å². The van der Waals surface area contributed by atoms with Crippen molar-refractivity contribution in [3.05, 3.63) is 0 Å². The minimum atomic E-state index is -0.583. The van der Waals surface area contributed by atoms with Gasteiger partial charge in [0.1, 0.15) is 0 Å². The van der Waals surface area contributed by atoms with Crippen molar-refractivity contribution in [1.29, 1.82) is 0 Å². The highest BCUT2D eigenvalue weighted by Crippen LogP contribution is 2.22. The van der Waals surface area contributed by atoms with Crippen LogP contribution in [0.1, 0.15) is 47.5 Å². The van der Waals surface area contributed by atoms with Gasteiger partial charge in [-0.2, -0.15) is 0 Å². The maximum absolute atomic E-state index is 10.3. The molecule has 0 amide bonds. The van der Waals surface area contributed by atoms with E-state index >= 15 is 0 Å². The predicted octanol–water partition coefficient (Wildman–Crippen LogP) is 2.10. The zero-order valence-electron chi connectivity index (χ0n) is 13.0. The van der Waals surface area contributed by atoms with Crippen molar-refractivity contribution < 1.29 is 5.11 Å². The summed E-state index contributed by atoms with van der Waals surface area (Å²) in [5.41, 5.74) is -0.583. The average molecular weight is 256 g/mol. The summed E-state index contributed by atoms with van der Waals surface area (Å²) in [4.78, 5) is 2.43. The van der Waals surface area contributed by atoms with E-state index in [1.165, 1.54) is 6.42 Å². The number of aliphatic hydroxyl groups is 1. The lowest BCUT2D eigenvalue weighted by Crippen LogP contribution is -2.53. The topological polar surface area (TPSA) is 35.5 Å². The van der Waals surface area contributed by atoms with E-state index in [0.717, 1.165) is 13.0 Å². The van der Waals surface area contributed by atoms with E-state index in [4.69, 9.17) is 0 Å². The minimum absolute atomic E-state index is 0.537. The molecule has 0 spiro atoms. The molecule has 0 saturated carbocycles. The van der Waals surface area contributed by atoms with Crippen LogP contribution >= 0.6 is 0 Å². The second-order valence-electron chi connectivity index (χ2n) is 7.08. The molecule has 0 bridgehead atoms. The fourth-order valence-corrected chi connectivity index (χ4v) is 3.13. The lowest BCUT2D eigenvalue weighted by Gasteiger charge is -2.41. The van der Waals surface area contributed by atoms with Gasteiger partial charge in [0.15, 0.2) is 0 Å². The van der Waals surface area contributed by atoms with E-state index in [9.17, 15) is 5.11 Å². The van der Waals surface area contributed by atoms with Gasteiger partial charge in [-0.25, -0.2) is 0 Å². The van der Waals surface area contributed by atoms with Crippen LogP contribution in [-0.2, 0) is 0 Å². The Morgan fingerprint density at radius 3 is 2.56 bits per heavy atom. The average Bonchev–Trinajstić information content (AvgIpc) is 2.19. The number of hydrogen-bond acceptors (Lipinski definition) is 3. The third-order valence-corrected chi connectivity index (χ3v) is 4.20. The molecular weight excluding hydrogens is 224 g/mol. The lowest BCUT2D eigenvalue weighted by molar-refractivity contribution is 0.0271. The summed E-state index contributed by atoms with van der Waals surface area (Å²) in [6, 6.07) is 1.17. The zero-order valence-corrected chi connectivity index (χ0v) is 13.0. The molecule has 18 heavy (non-hydrogen) atoms. The third kappa shape index (κ3) is 4.87. The van der Waals surface area contributed by atoms with Crippen molar-refractivity contribution in [3.63, 3.8) is 0 Å². The molecule has 1 heterocycles. The molecule has 0 aromatic heterocycles.